The molecule has 3 rings (SSSR count). The number of nitrogens with zero attached hydrogens (tertiary/aromatic N) is 3. The van der Waals surface area contributed by atoms with Crippen LogP contribution in [0.25, 0.3) is 0 Å². The highest BCUT2D eigenvalue weighted by molar-refractivity contribution is 5.86. The molecule has 0 spiro atoms. The maximum Gasteiger partial charge on any atom is 0.309 e. The van der Waals surface area contributed by atoms with Crippen molar-refractivity contribution >= 4 is 11.9 Å². The maximum atomic E-state index is 12.8. The van der Waals surface area contributed by atoms with E-state index in [1.807, 2.05) is 22.8 Å². The Hall–Kier alpha value is -1.85. The number of piperidine rings is 1. The van der Waals surface area contributed by atoms with E-state index in [9.17, 15) is 9.59 Å². The highest BCUT2D eigenvalue weighted by Gasteiger charge is 2.41. The van der Waals surface area contributed by atoms with Crippen LogP contribution in [0.15, 0.2) is 12.4 Å². The summed E-state index contributed by atoms with van der Waals surface area (Å²) in [6, 6.07) is 0. The first-order valence-electron chi connectivity index (χ1n) is 8.45. The van der Waals surface area contributed by atoms with Crippen LogP contribution in [0.3, 0.4) is 0 Å². The van der Waals surface area contributed by atoms with Crippen LogP contribution in [-0.2, 0) is 21.4 Å². The Kier molecular flexibility index (Phi) is 4.68. The van der Waals surface area contributed by atoms with Crippen molar-refractivity contribution in [2.75, 3.05) is 20.2 Å². The lowest BCUT2D eigenvalue weighted by Crippen LogP contribution is -2.43. The molecule has 2 fully saturated rings. The zero-order chi connectivity index (χ0) is 16.4. The first-order chi connectivity index (χ1) is 11.1. The van der Waals surface area contributed by atoms with Gasteiger partial charge in [-0.3, -0.25) is 14.3 Å². The predicted molar refractivity (Wildman–Crippen MR) is 84.6 cm³/mol. The molecule has 2 atom stereocenters. The van der Waals surface area contributed by atoms with Crippen LogP contribution in [0.1, 0.15) is 43.6 Å². The number of aryl methyl sites for hydroxylation is 1. The highest BCUT2D eigenvalue weighted by Crippen LogP contribution is 2.36. The second-order valence-corrected chi connectivity index (χ2v) is 6.71. The van der Waals surface area contributed by atoms with Gasteiger partial charge in [0.05, 0.1) is 25.1 Å². The molecule has 0 radical (unpaired) electrons. The third-order valence-corrected chi connectivity index (χ3v) is 5.34. The summed E-state index contributed by atoms with van der Waals surface area (Å²) < 4.78 is 6.69. The van der Waals surface area contributed by atoms with Crippen molar-refractivity contribution in [1.29, 1.82) is 0 Å². The predicted octanol–water partition coefficient (Wildman–Crippen LogP) is 1.72. The van der Waals surface area contributed by atoms with Gasteiger partial charge in [-0.1, -0.05) is 6.42 Å². The van der Waals surface area contributed by atoms with Gasteiger partial charge in [-0.25, -0.2) is 0 Å². The minimum atomic E-state index is -0.247. The number of likely N-dealkylation sites (tertiary alicyclic amines) is 1. The van der Waals surface area contributed by atoms with Gasteiger partial charge in [-0.05, 0) is 37.2 Å². The summed E-state index contributed by atoms with van der Waals surface area (Å²) in [4.78, 5) is 26.6. The number of methoxy groups -OCH3 is 1. The van der Waals surface area contributed by atoms with Gasteiger partial charge in [0.25, 0.3) is 0 Å². The molecule has 2 aliphatic rings. The zero-order valence-corrected chi connectivity index (χ0v) is 13.9. The summed E-state index contributed by atoms with van der Waals surface area (Å²) in [5, 5.41) is 4.23. The molecule has 0 bridgehead atoms. The number of carbonyl (C=O) groups excluding carboxylic acids is 2. The first kappa shape index (κ1) is 16.0. The summed E-state index contributed by atoms with van der Waals surface area (Å²) in [6.07, 6.45) is 8.43. The lowest BCUT2D eigenvalue weighted by atomic mass is 9.89. The molecule has 0 unspecified atom stereocenters. The number of amides is 1. The van der Waals surface area contributed by atoms with Crippen molar-refractivity contribution < 1.29 is 14.3 Å². The Morgan fingerprint density at radius 3 is 2.48 bits per heavy atom. The van der Waals surface area contributed by atoms with Crippen LogP contribution >= 0.6 is 0 Å². The van der Waals surface area contributed by atoms with Gasteiger partial charge in [0.1, 0.15) is 0 Å². The van der Waals surface area contributed by atoms with Gasteiger partial charge in [0.2, 0.25) is 5.91 Å². The molecule has 23 heavy (non-hydrogen) atoms. The Bertz CT molecular complexity index is 575. The third kappa shape index (κ3) is 3.26. The van der Waals surface area contributed by atoms with E-state index < -0.39 is 0 Å². The van der Waals surface area contributed by atoms with E-state index in [4.69, 9.17) is 4.74 Å². The van der Waals surface area contributed by atoms with Crippen LogP contribution in [-0.4, -0.2) is 46.8 Å². The molecule has 1 aromatic rings. The molecule has 2 heterocycles. The van der Waals surface area contributed by atoms with E-state index in [0.29, 0.717) is 5.92 Å². The molecule has 1 amide bonds. The molecule has 1 aliphatic carbocycles. The lowest BCUT2D eigenvalue weighted by molar-refractivity contribution is -0.152. The monoisotopic (exact) mass is 319 g/mol. The van der Waals surface area contributed by atoms with Gasteiger partial charge in [0.15, 0.2) is 0 Å². The number of hydrogen-bond acceptors (Lipinski definition) is 4. The van der Waals surface area contributed by atoms with E-state index in [0.717, 1.165) is 45.2 Å². The van der Waals surface area contributed by atoms with Crippen molar-refractivity contribution in [3.8, 4) is 0 Å². The fourth-order valence-corrected chi connectivity index (χ4v) is 4.01. The standard InChI is InChI=1S/C17H25N3O3/c1-19-11-13(10-18-19)12-6-8-20(9-7-12)16(21)14-4-3-5-15(14)17(22)23-2/h10-12,14-15H,3-9H2,1-2H3/t14-,15+/m0/s1. The van der Waals surface area contributed by atoms with E-state index in [1.54, 1.807) is 0 Å². The Morgan fingerprint density at radius 2 is 1.87 bits per heavy atom. The maximum absolute atomic E-state index is 12.8. The van der Waals surface area contributed by atoms with E-state index in [-0.39, 0.29) is 23.7 Å². The highest BCUT2D eigenvalue weighted by atomic mass is 16.5. The minimum Gasteiger partial charge on any atom is -0.469 e. The summed E-state index contributed by atoms with van der Waals surface area (Å²) in [5.74, 6) is -0.0395. The smallest absolute Gasteiger partial charge is 0.309 e. The minimum absolute atomic E-state index is 0.141. The largest absolute Gasteiger partial charge is 0.469 e. The second-order valence-electron chi connectivity index (χ2n) is 6.71. The Morgan fingerprint density at radius 1 is 1.17 bits per heavy atom. The number of aromatic nitrogens is 2. The Labute approximate surface area is 136 Å². The lowest BCUT2D eigenvalue weighted by Gasteiger charge is -2.34. The summed E-state index contributed by atoms with van der Waals surface area (Å²) in [6.45, 7) is 1.53. The third-order valence-electron chi connectivity index (χ3n) is 5.34. The van der Waals surface area contributed by atoms with Crippen LogP contribution in [0.2, 0.25) is 0 Å². The van der Waals surface area contributed by atoms with Crippen molar-refractivity contribution in [3.05, 3.63) is 18.0 Å². The molecule has 1 aliphatic heterocycles. The van der Waals surface area contributed by atoms with Gasteiger partial charge in [-0.15, -0.1) is 0 Å². The topological polar surface area (TPSA) is 64.4 Å². The fraction of sp³-hybridized carbons (Fsp3) is 0.706. The van der Waals surface area contributed by atoms with Gasteiger partial charge < -0.3 is 9.64 Å². The first-order valence-corrected chi connectivity index (χ1v) is 8.45. The SMILES string of the molecule is COC(=O)[C@@H]1CCC[C@@H]1C(=O)N1CCC(c2cnn(C)c2)CC1. The molecule has 1 saturated heterocycles. The van der Waals surface area contributed by atoms with Crippen LogP contribution < -0.4 is 0 Å². The van der Waals surface area contributed by atoms with Gasteiger partial charge in [0, 0.05) is 26.3 Å². The summed E-state index contributed by atoms with van der Waals surface area (Å²) in [5.41, 5.74) is 1.26. The van der Waals surface area contributed by atoms with Gasteiger partial charge >= 0.3 is 5.97 Å². The van der Waals surface area contributed by atoms with E-state index in [2.05, 4.69) is 11.3 Å². The second kappa shape index (κ2) is 6.72. The number of hydrogen-bond donors (Lipinski definition) is 0. The molecule has 0 N–H and O–H groups in total. The number of ether oxygens (including phenoxy) is 1. The zero-order valence-electron chi connectivity index (χ0n) is 13.9. The summed E-state index contributed by atoms with van der Waals surface area (Å²) in [7, 11) is 3.33. The summed E-state index contributed by atoms with van der Waals surface area (Å²) >= 11 is 0. The normalized spacial score (nSPS) is 25.6. The average Bonchev–Trinajstić information content (AvgIpc) is 3.22. The number of carbonyl (C=O) groups is 2. The molecule has 1 saturated carbocycles. The quantitative estimate of drug-likeness (QED) is 0.796. The van der Waals surface area contributed by atoms with E-state index in [1.165, 1.54) is 12.7 Å². The molecular weight excluding hydrogens is 294 g/mol. The average molecular weight is 319 g/mol. The van der Waals surface area contributed by atoms with Crippen LogP contribution in [0.4, 0.5) is 0 Å². The van der Waals surface area contributed by atoms with E-state index >= 15 is 0 Å². The van der Waals surface area contributed by atoms with Crippen molar-refractivity contribution in [2.45, 2.75) is 38.0 Å². The molecule has 0 aromatic carbocycles. The molecular formula is C17H25N3O3. The number of rotatable bonds is 3. The molecule has 1 aromatic heterocycles. The van der Waals surface area contributed by atoms with Crippen molar-refractivity contribution in [3.63, 3.8) is 0 Å². The fourth-order valence-electron chi connectivity index (χ4n) is 4.01. The van der Waals surface area contributed by atoms with Crippen LogP contribution in [0.5, 0.6) is 0 Å². The number of esters is 1. The molecule has 126 valence electrons. The van der Waals surface area contributed by atoms with Crippen LogP contribution in [0, 0.1) is 11.8 Å². The molecule has 6 nitrogen and oxygen atoms in total. The molecule has 6 heteroatoms. The van der Waals surface area contributed by atoms with Crippen molar-refractivity contribution in [2.24, 2.45) is 18.9 Å². The van der Waals surface area contributed by atoms with Gasteiger partial charge in [-0.2, -0.15) is 5.10 Å². The van der Waals surface area contributed by atoms with Crippen molar-refractivity contribution in [1.82, 2.24) is 14.7 Å². The Balaban J connectivity index is 1.58.